The van der Waals surface area contributed by atoms with E-state index in [2.05, 4.69) is 11.2 Å². The van der Waals surface area contributed by atoms with Crippen LogP contribution in [0, 0.1) is 11.6 Å². The van der Waals surface area contributed by atoms with Crippen LogP contribution >= 0.6 is 23.4 Å². The number of hydrogen-bond acceptors (Lipinski definition) is 2. The van der Waals surface area contributed by atoms with Crippen LogP contribution in [0.1, 0.15) is 25.1 Å². The molecule has 0 spiro atoms. The summed E-state index contributed by atoms with van der Waals surface area (Å²) < 4.78 is 29.3. The average Bonchev–Trinajstić information content (AvgIpc) is 2.72. The number of benzene rings is 1. The van der Waals surface area contributed by atoms with E-state index in [1.165, 1.54) is 12.5 Å². The third-order valence-corrected chi connectivity index (χ3v) is 5.76. The van der Waals surface area contributed by atoms with Gasteiger partial charge < -0.3 is 4.57 Å². The lowest BCUT2D eigenvalue weighted by atomic mass is 9.84. The Bertz CT molecular complexity index is 647. The standard InChI is InChI=1S/C14H15ClF2N2S/c1-20-14(3-2-4-14)8-19-11-6-9(16)5-10(17)13(11)18-12(19)7-15/h5-6H,2-4,7-8H2,1H3. The Kier molecular flexibility index (Phi) is 3.67. The second-order valence-electron chi connectivity index (χ2n) is 5.24. The minimum atomic E-state index is -0.628. The van der Waals surface area contributed by atoms with E-state index in [0.29, 0.717) is 17.9 Å². The van der Waals surface area contributed by atoms with Crippen molar-refractivity contribution >= 4 is 34.4 Å². The lowest BCUT2D eigenvalue weighted by Gasteiger charge is -2.41. The van der Waals surface area contributed by atoms with Crippen molar-refractivity contribution in [1.82, 2.24) is 9.55 Å². The Balaban J connectivity index is 2.12. The first-order valence-electron chi connectivity index (χ1n) is 6.54. The largest absolute Gasteiger partial charge is 0.325 e. The first-order chi connectivity index (χ1) is 9.58. The summed E-state index contributed by atoms with van der Waals surface area (Å²) in [5.41, 5.74) is 0.705. The maximum atomic E-state index is 13.8. The fourth-order valence-corrected chi connectivity index (χ4v) is 3.92. The molecule has 1 heterocycles. The number of nitrogens with zero attached hydrogens (tertiary/aromatic N) is 2. The smallest absolute Gasteiger partial charge is 0.153 e. The molecule has 3 rings (SSSR count). The van der Waals surface area contributed by atoms with Crippen LogP contribution < -0.4 is 0 Å². The van der Waals surface area contributed by atoms with Crippen LogP contribution in [-0.2, 0) is 12.4 Å². The molecule has 0 bridgehead atoms. The van der Waals surface area contributed by atoms with Gasteiger partial charge in [0.05, 0.1) is 11.4 Å². The van der Waals surface area contributed by atoms with Crippen molar-refractivity contribution in [1.29, 1.82) is 0 Å². The highest BCUT2D eigenvalue weighted by atomic mass is 35.5. The van der Waals surface area contributed by atoms with Gasteiger partial charge in [-0.1, -0.05) is 6.42 Å². The van der Waals surface area contributed by atoms with Gasteiger partial charge in [0, 0.05) is 17.4 Å². The second kappa shape index (κ2) is 5.19. The molecule has 1 saturated carbocycles. The molecule has 1 aliphatic rings. The van der Waals surface area contributed by atoms with Gasteiger partial charge >= 0.3 is 0 Å². The zero-order chi connectivity index (χ0) is 14.3. The van der Waals surface area contributed by atoms with E-state index in [-0.39, 0.29) is 16.1 Å². The van der Waals surface area contributed by atoms with E-state index in [1.54, 1.807) is 0 Å². The van der Waals surface area contributed by atoms with Crippen LogP contribution in [0.2, 0.25) is 0 Å². The Hall–Kier alpha value is -0.810. The monoisotopic (exact) mass is 316 g/mol. The Morgan fingerprint density at radius 3 is 2.70 bits per heavy atom. The molecule has 0 atom stereocenters. The highest BCUT2D eigenvalue weighted by Crippen LogP contribution is 2.44. The summed E-state index contributed by atoms with van der Waals surface area (Å²) in [5, 5.41) is 0. The molecule has 1 fully saturated rings. The molecule has 6 heteroatoms. The third-order valence-electron chi connectivity index (χ3n) is 4.11. The summed E-state index contributed by atoms with van der Waals surface area (Å²) in [6.45, 7) is 0.704. The van der Waals surface area contributed by atoms with E-state index >= 15 is 0 Å². The van der Waals surface area contributed by atoms with E-state index < -0.39 is 11.6 Å². The quantitative estimate of drug-likeness (QED) is 0.781. The van der Waals surface area contributed by atoms with Gasteiger partial charge in [0.2, 0.25) is 0 Å². The Labute approximate surface area is 125 Å². The lowest BCUT2D eigenvalue weighted by molar-refractivity contribution is 0.322. The molecule has 2 nitrogen and oxygen atoms in total. The summed E-state index contributed by atoms with van der Waals surface area (Å²) in [6, 6.07) is 2.21. The van der Waals surface area contributed by atoms with Gasteiger partial charge in [-0.3, -0.25) is 0 Å². The van der Waals surface area contributed by atoms with E-state index in [4.69, 9.17) is 11.6 Å². The summed E-state index contributed by atoms with van der Waals surface area (Å²) in [5.74, 6) is -0.410. The zero-order valence-electron chi connectivity index (χ0n) is 11.1. The molecule has 20 heavy (non-hydrogen) atoms. The molecular formula is C14H15ClF2N2S. The van der Waals surface area contributed by atoms with Crippen molar-refractivity contribution < 1.29 is 8.78 Å². The van der Waals surface area contributed by atoms with Crippen molar-refractivity contribution in [2.24, 2.45) is 0 Å². The fourth-order valence-electron chi connectivity index (χ4n) is 2.76. The lowest BCUT2D eigenvalue weighted by Crippen LogP contribution is -2.38. The molecular weight excluding hydrogens is 302 g/mol. The minimum absolute atomic E-state index is 0.150. The van der Waals surface area contributed by atoms with Crippen LogP contribution in [0.4, 0.5) is 8.78 Å². The second-order valence-corrected chi connectivity index (χ2v) is 6.79. The van der Waals surface area contributed by atoms with Crippen molar-refractivity contribution in [3.8, 4) is 0 Å². The summed E-state index contributed by atoms with van der Waals surface area (Å²) in [7, 11) is 0. The maximum Gasteiger partial charge on any atom is 0.153 e. The van der Waals surface area contributed by atoms with E-state index in [0.717, 1.165) is 18.9 Å². The summed E-state index contributed by atoms with van der Waals surface area (Å²) >= 11 is 7.74. The number of aromatic nitrogens is 2. The van der Waals surface area contributed by atoms with Gasteiger partial charge in [0.1, 0.15) is 17.2 Å². The zero-order valence-corrected chi connectivity index (χ0v) is 12.7. The van der Waals surface area contributed by atoms with Gasteiger partial charge in [-0.05, 0) is 25.2 Å². The number of fused-ring (bicyclic) bond motifs is 1. The summed E-state index contributed by atoms with van der Waals surface area (Å²) in [4.78, 5) is 4.23. The van der Waals surface area contributed by atoms with Gasteiger partial charge in [0.25, 0.3) is 0 Å². The number of imidazole rings is 1. The molecule has 0 N–H and O–H groups in total. The molecule has 1 aromatic heterocycles. The van der Waals surface area contributed by atoms with Crippen LogP contribution in [0.5, 0.6) is 0 Å². The molecule has 0 saturated heterocycles. The maximum absolute atomic E-state index is 13.8. The SMILES string of the molecule is CSC1(Cn2c(CCl)nc3c(F)cc(F)cc32)CCC1. The van der Waals surface area contributed by atoms with Crippen molar-refractivity contribution in [3.63, 3.8) is 0 Å². The van der Waals surface area contributed by atoms with Crippen LogP contribution in [0.25, 0.3) is 11.0 Å². The van der Waals surface area contributed by atoms with Gasteiger partial charge in [-0.2, -0.15) is 11.8 Å². The number of alkyl halides is 1. The van der Waals surface area contributed by atoms with Gasteiger partial charge in [-0.25, -0.2) is 13.8 Å². The van der Waals surface area contributed by atoms with Crippen LogP contribution in [-0.4, -0.2) is 20.6 Å². The average molecular weight is 317 g/mol. The molecule has 0 unspecified atom stereocenters. The molecule has 1 aromatic carbocycles. The fraction of sp³-hybridized carbons (Fsp3) is 0.500. The Morgan fingerprint density at radius 1 is 1.40 bits per heavy atom. The molecule has 108 valence electrons. The molecule has 0 radical (unpaired) electrons. The number of rotatable bonds is 4. The summed E-state index contributed by atoms with van der Waals surface area (Å²) in [6.07, 6.45) is 5.52. The highest BCUT2D eigenvalue weighted by Gasteiger charge is 2.37. The number of halogens is 3. The number of hydrogen-bond donors (Lipinski definition) is 0. The predicted molar refractivity (Wildman–Crippen MR) is 79.3 cm³/mol. The van der Waals surface area contributed by atoms with Crippen LogP contribution in [0.15, 0.2) is 12.1 Å². The highest BCUT2D eigenvalue weighted by molar-refractivity contribution is 8.00. The topological polar surface area (TPSA) is 17.8 Å². The van der Waals surface area contributed by atoms with Crippen LogP contribution in [0.3, 0.4) is 0 Å². The van der Waals surface area contributed by atoms with E-state index in [1.807, 2.05) is 16.3 Å². The van der Waals surface area contributed by atoms with Gasteiger partial charge in [-0.15, -0.1) is 11.6 Å². The van der Waals surface area contributed by atoms with E-state index in [9.17, 15) is 8.78 Å². The molecule has 2 aromatic rings. The minimum Gasteiger partial charge on any atom is -0.325 e. The first kappa shape index (κ1) is 14.1. The predicted octanol–water partition coefficient (Wildman–Crippen LogP) is 4.34. The first-order valence-corrected chi connectivity index (χ1v) is 8.30. The van der Waals surface area contributed by atoms with Crippen molar-refractivity contribution in [2.75, 3.05) is 6.26 Å². The third kappa shape index (κ3) is 2.21. The molecule has 0 amide bonds. The normalized spacial score (nSPS) is 17.4. The number of thioether (sulfide) groups is 1. The van der Waals surface area contributed by atoms with Gasteiger partial charge in [0.15, 0.2) is 5.82 Å². The van der Waals surface area contributed by atoms with Crippen molar-refractivity contribution in [3.05, 3.63) is 29.6 Å². The molecule has 1 aliphatic carbocycles. The molecule has 0 aliphatic heterocycles. The Morgan fingerprint density at radius 2 is 2.15 bits per heavy atom. The van der Waals surface area contributed by atoms with Crippen molar-refractivity contribution in [2.45, 2.75) is 36.4 Å².